The van der Waals surface area contributed by atoms with Crippen LogP contribution in [0.3, 0.4) is 0 Å². The van der Waals surface area contributed by atoms with E-state index >= 15 is 0 Å². The second-order valence-electron chi connectivity index (χ2n) is 6.43. The van der Waals surface area contributed by atoms with Crippen molar-refractivity contribution in [1.82, 2.24) is 19.9 Å². The van der Waals surface area contributed by atoms with Gasteiger partial charge >= 0.3 is 5.69 Å². The van der Waals surface area contributed by atoms with E-state index in [0.29, 0.717) is 16.4 Å². The molecule has 0 unspecified atom stereocenters. The summed E-state index contributed by atoms with van der Waals surface area (Å²) in [6, 6.07) is 1.99. The van der Waals surface area contributed by atoms with Crippen LogP contribution >= 0.6 is 0 Å². The minimum atomic E-state index is -0.425. The van der Waals surface area contributed by atoms with Gasteiger partial charge in [-0.15, -0.1) is 0 Å². The largest absolute Gasteiger partial charge is 0.383 e. The second kappa shape index (κ2) is 4.40. The Bertz CT molecular complexity index is 968. The molecule has 0 saturated carbocycles. The molecule has 0 aliphatic heterocycles. The topological polar surface area (TPSA) is 124 Å². The van der Waals surface area contributed by atoms with Gasteiger partial charge in [-0.2, -0.15) is 9.97 Å². The lowest BCUT2D eigenvalue weighted by Gasteiger charge is -2.22. The zero-order valence-electron chi connectivity index (χ0n) is 13.0. The van der Waals surface area contributed by atoms with Crippen molar-refractivity contribution in [2.75, 3.05) is 11.5 Å². The van der Waals surface area contributed by atoms with Crippen molar-refractivity contribution < 1.29 is 0 Å². The third-order valence-corrected chi connectivity index (χ3v) is 3.71. The SMILES string of the molecule is Cc1[nH]c(=O)nc2c1cc(C(C)(C)C)c1nc(N)nc(N)c12. The third-order valence-electron chi connectivity index (χ3n) is 3.71. The van der Waals surface area contributed by atoms with Gasteiger partial charge in [-0.3, -0.25) is 0 Å². The van der Waals surface area contributed by atoms with E-state index in [1.165, 1.54) is 0 Å². The van der Waals surface area contributed by atoms with Crippen molar-refractivity contribution >= 4 is 33.6 Å². The van der Waals surface area contributed by atoms with Gasteiger partial charge in [-0.1, -0.05) is 20.8 Å². The smallest absolute Gasteiger partial charge is 0.345 e. The maximum absolute atomic E-state index is 11.7. The van der Waals surface area contributed by atoms with E-state index in [-0.39, 0.29) is 17.2 Å². The number of fused-ring (bicyclic) bond motifs is 3. The molecular weight excluding hydrogens is 280 g/mol. The first-order valence-corrected chi connectivity index (χ1v) is 6.95. The van der Waals surface area contributed by atoms with Gasteiger partial charge in [0.05, 0.1) is 16.4 Å². The minimum Gasteiger partial charge on any atom is -0.383 e. The van der Waals surface area contributed by atoms with E-state index in [1.807, 2.05) is 13.0 Å². The number of rotatable bonds is 0. The maximum atomic E-state index is 11.7. The van der Waals surface area contributed by atoms with Gasteiger partial charge in [0, 0.05) is 11.1 Å². The Morgan fingerprint density at radius 3 is 2.41 bits per heavy atom. The van der Waals surface area contributed by atoms with Crippen LogP contribution in [0.1, 0.15) is 32.0 Å². The van der Waals surface area contributed by atoms with Crippen LogP contribution in [0, 0.1) is 6.92 Å². The summed E-state index contributed by atoms with van der Waals surface area (Å²) in [5, 5.41) is 1.41. The molecule has 0 bridgehead atoms. The van der Waals surface area contributed by atoms with E-state index < -0.39 is 5.69 Å². The molecule has 22 heavy (non-hydrogen) atoms. The van der Waals surface area contributed by atoms with Crippen molar-refractivity contribution in [2.45, 2.75) is 33.1 Å². The van der Waals surface area contributed by atoms with Crippen molar-refractivity contribution in [3.8, 4) is 0 Å². The van der Waals surface area contributed by atoms with Crippen molar-refractivity contribution in [2.24, 2.45) is 0 Å². The Morgan fingerprint density at radius 1 is 1.09 bits per heavy atom. The van der Waals surface area contributed by atoms with Gasteiger partial charge in [0.1, 0.15) is 5.82 Å². The van der Waals surface area contributed by atoms with Crippen LogP contribution in [0.5, 0.6) is 0 Å². The van der Waals surface area contributed by atoms with Gasteiger partial charge in [0.15, 0.2) is 0 Å². The number of aryl methyl sites for hydroxylation is 1. The first-order valence-electron chi connectivity index (χ1n) is 6.95. The lowest BCUT2D eigenvalue weighted by Crippen LogP contribution is -2.17. The highest BCUT2D eigenvalue weighted by Gasteiger charge is 2.23. The van der Waals surface area contributed by atoms with E-state index in [9.17, 15) is 4.79 Å². The Morgan fingerprint density at radius 2 is 1.77 bits per heavy atom. The summed E-state index contributed by atoms with van der Waals surface area (Å²) < 4.78 is 0. The van der Waals surface area contributed by atoms with Gasteiger partial charge in [-0.05, 0) is 24.0 Å². The quantitative estimate of drug-likeness (QED) is 0.542. The molecule has 2 heterocycles. The molecule has 7 heteroatoms. The van der Waals surface area contributed by atoms with Crippen LogP contribution in [0.4, 0.5) is 11.8 Å². The van der Waals surface area contributed by atoms with Crippen molar-refractivity contribution in [3.05, 3.63) is 27.8 Å². The first kappa shape index (κ1) is 14.2. The summed E-state index contributed by atoms with van der Waals surface area (Å²) in [6.07, 6.45) is 0. The number of hydrogen-bond acceptors (Lipinski definition) is 6. The Hall–Kier alpha value is -2.70. The zero-order chi connectivity index (χ0) is 16.2. The Balaban J connectivity index is 2.69. The molecule has 0 aliphatic carbocycles. The molecule has 3 aromatic rings. The number of nitrogen functional groups attached to an aromatic ring is 2. The lowest BCUT2D eigenvalue weighted by atomic mass is 9.84. The molecule has 1 aromatic carbocycles. The molecule has 7 nitrogen and oxygen atoms in total. The summed E-state index contributed by atoms with van der Waals surface area (Å²) in [4.78, 5) is 26.9. The van der Waals surface area contributed by atoms with Crippen molar-refractivity contribution in [3.63, 3.8) is 0 Å². The normalized spacial score (nSPS) is 12.2. The number of aromatic amines is 1. The van der Waals surface area contributed by atoms with Crippen molar-refractivity contribution in [1.29, 1.82) is 0 Å². The van der Waals surface area contributed by atoms with Crippen LogP contribution in [0.2, 0.25) is 0 Å². The number of nitrogens with zero attached hydrogens (tertiary/aromatic N) is 3. The summed E-state index contributed by atoms with van der Waals surface area (Å²) in [6.45, 7) is 8.07. The van der Waals surface area contributed by atoms with Crippen LogP contribution < -0.4 is 17.2 Å². The predicted octanol–water partition coefficient (Wildman–Crippen LogP) is 1.64. The summed E-state index contributed by atoms with van der Waals surface area (Å²) in [7, 11) is 0. The molecular formula is C15H18N6O. The summed E-state index contributed by atoms with van der Waals surface area (Å²) in [5.41, 5.74) is 14.1. The highest BCUT2D eigenvalue weighted by atomic mass is 16.1. The van der Waals surface area contributed by atoms with Gasteiger partial charge in [-0.25, -0.2) is 9.78 Å². The average Bonchev–Trinajstić information content (AvgIpc) is 2.35. The maximum Gasteiger partial charge on any atom is 0.345 e. The summed E-state index contributed by atoms with van der Waals surface area (Å²) >= 11 is 0. The fourth-order valence-corrected chi connectivity index (χ4v) is 2.67. The van der Waals surface area contributed by atoms with Gasteiger partial charge in [0.25, 0.3) is 0 Å². The zero-order valence-corrected chi connectivity index (χ0v) is 13.0. The molecule has 0 atom stereocenters. The third kappa shape index (κ3) is 2.05. The van der Waals surface area contributed by atoms with E-state index in [0.717, 1.165) is 16.6 Å². The monoisotopic (exact) mass is 298 g/mol. The van der Waals surface area contributed by atoms with E-state index in [2.05, 4.69) is 40.7 Å². The molecule has 114 valence electrons. The molecule has 0 aliphatic rings. The predicted molar refractivity (Wildman–Crippen MR) is 87.7 cm³/mol. The van der Waals surface area contributed by atoms with Crippen LogP contribution in [0.25, 0.3) is 21.8 Å². The number of benzene rings is 1. The highest BCUT2D eigenvalue weighted by Crippen LogP contribution is 2.36. The molecule has 3 rings (SSSR count). The number of anilines is 2. The Labute approximate surface area is 126 Å². The molecule has 0 fully saturated rings. The molecule has 0 saturated heterocycles. The molecule has 0 spiro atoms. The second-order valence-corrected chi connectivity index (χ2v) is 6.43. The standard InChI is InChI=1S/C15H18N6O/c1-6-7-5-8(15(2,3)4)11-9(10(7)20-14(22)18-6)12(16)21-13(17)19-11/h5H,1-4H3,(H,18,20,22)(H4,16,17,19,21). The lowest BCUT2D eigenvalue weighted by molar-refractivity contribution is 0.595. The fourth-order valence-electron chi connectivity index (χ4n) is 2.67. The van der Waals surface area contributed by atoms with E-state index in [4.69, 9.17) is 11.5 Å². The number of H-pyrrole nitrogens is 1. The molecule has 0 amide bonds. The number of aromatic nitrogens is 4. The first-order chi connectivity index (χ1) is 10.2. The number of nitrogens with two attached hydrogens (primary N) is 2. The molecule has 5 N–H and O–H groups in total. The Kier molecular flexibility index (Phi) is 2.85. The van der Waals surface area contributed by atoms with Crippen LogP contribution in [-0.2, 0) is 5.41 Å². The molecule has 0 radical (unpaired) electrons. The van der Waals surface area contributed by atoms with Gasteiger partial charge in [0.2, 0.25) is 5.95 Å². The van der Waals surface area contributed by atoms with E-state index in [1.54, 1.807) is 0 Å². The molecule has 2 aromatic heterocycles. The van der Waals surface area contributed by atoms with Crippen LogP contribution in [0.15, 0.2) is 10.9 Å². The van der Waals surface area contributed by atoms with Crippen LogP contribution in [-0.4, -0.2) is 19.9 Å². The van der Waals surface area contributed by atoms with Gasteiger partial charge < -0.3 is 16.5 Å². The number of hydrogen-bond donors (Lipinski definition) is 3. The number of nitrogens with one attached hydrogen (secondary N) is 1. The fraction of sp³-hybridized carbons (Fsp3) is 0.333. The highest BCUT2D eigenvalue weighted by molar-refractivity contribution is 6.11. The summed E-state index contributed by atoms with van der Waals surface area (Å²) in [5.74, 6) is 0.340. The minimum absolute atomic E-state index is 0.108. The average molecular weight is 298 g/mol.